The van der Waals surface area contributed by atoms with Gasteiger partial charge in [0.25, 0.3) is 5.56 Å². The van der Waals surface area contributed by atoms with Gasteiger partial charge in [-0.25, -0.2) is 4.79 Å². The maximum Gasteiger partial charge on any atom is 0.330 e. The summed E-state index contributed by atoms with van der Waals surface area (Å²) in [7, 11) is 3.12. The summed E-state index contributed by atoms with van der Waals surface area (Å²) in [5.74, 6) is 0. The highest BCUT2D eigenvalue weighted by atomic mass is 16.6. The van der Waals surface area contributed by atoms with E-state index in [1.807, 2.05) is 30.3 Å². The van der Waals surface area contributed by atoms with Gasteiger partial charge in [0.05, 0.1) is 5.69 Å². The first-order chi connectivity index (χ1) is 9.09. The maximum absolute atomic E-state index is 11.9. The Labute approximate surface area is 109 Å². The van der Waals surface area contributed by atoms with Crippen molar-refractivity contribution in [2.45, 2.75) is 12.2 Å². The first-order valence-corrected chi connectivity index (χ1v) is 6.07. The van der Waals surface area contributed by atoms with Crippen molar-refractivity contribution in [1.29, 1.82) is 0 Å². The highest BCUT2D eigenvalue weighted by Gasteiger charge is 2.43. The number of benzene rings is 1. The molecular weight excluding hydrogens is 244 g/mol. The quantitative estimate of drug-likeness (QED) is 0.752. The van der Waals surface area contributed by atoms with Crippen LogP contribution in [0.3, 0.4) is 0 Å². The van der Waals surface area contributed by atoms with Gasteiger partial charge in [-0.05, 0) is 5.56 Å². The summed E-state index contributed by atoms with van der Waals surface area (Å²) in [4.78, 5) is 23.5. The zero-order chi connectivity index (χ0) is 13.6. The standard InChI is InChI=1S/C14H14N2O3/c1-15-10(8-11(17)16(2)14(15)18)13-12(19-13)9-6-4-3-5-7-9/h3-8,12-13H,1-2H3/t12-,13-/m1/s1. The molecule has 98 valence electrons. The molecule has 0 N–H and O–H groups in total. The monoisotopic (exact) mass is 258 g/mol. The molecule has 0 bridgehead atoms. The molecule has 1 aromatic carbocycles. The third-order valence-corrected chi connectivity index (χ3v) is 3.47. The molecule has 5 nitrogen and oxygen atoms in total. The summed E-state index contributed by atoms with van der Waals surface area (Å²) >= 11 is 0. The van der Waals surface area contributed by atoms with Gasteiger partial charge in [-0.1, -0.05) is 30.3 Å². The Morgan fingerprint density at radius 3 is 2.37 bits per heavy atom. The van der Waals surface area contributed by atoms with Crippen LogP contribution in [0.1, 0.15) is 23.5 Å². The molecule has 1 aliphatic rings. The van der Waals surface area contributed by atoms with Crippen LogP contribution in [-0.4, -0.2) is 9.13 Å². The normalized spacial score (nSPS) is 21.4. The fourth-order valence-corrected chi connectivity index (χ4v) is 2.26. The van der Waals surface area contributed by atoms with E-state index < -0.39 is 0 Å². The second-order valence-electron chi connectivity index (χ2n) is 4.70. The highest BCUT2D eigenvalue weighted by molar-refractivity contribution is 5.26. The topological polar surface area (TPSA) is 56.5 Å². The average molecular weight is 258 g/mol. The summed E-state index contributed by atoms with van der Waals surface area (Å²) in [6.45, 7) is 0. The lowest BCUT2D eigenvalue weighted by Crippen LogP contribution is -2.37. The minimum absolute atomic E-state index is 0.0705. The fourth-order valence-electron chi connectivity index (χ4n) is 2.26. The van der Waals surface area contributed by atoms with Crippen molar-refractivity contribution < 1.29 is 4.74 Å². The van der Waals surface area contributed by atoms with E-state index in [0.29, 0.717) is 5.69 Å². The predicted octanol–water partition coefficient (Wildman–Crippen LogP) is 0.897. The number of ether oxygens (including phenoxy) is 1. The number of nitrogens with zero attached hydrogens (tertiary/aromatic N) is 2. The van der Waals surface area contributed by atoms with Crippen LogP contribution in [-0.2, 0) is 18.8 Å². The van der Waals surface area contributed by atoms with Crippen LogP contribution in [0, 0.1) is 0 Å². The zero-order valence-electron chi connectivity index (χ0n) is 10.7. The molecule has 2 aromatic rings. The largest absolute Gasteiger partial charge is 0.358 e. The van der Waals surface area contributed by atoms with Gasteiger partial charge >= 0.3 is 5.69 Å². The Morgan fingerprint density at radius 2 is 1.68 bits per heavy atom. The van der Waals surface area contributed by atoms with E-state index in [9.17, 15) is 9.59 Å². The number of aromatic nitrogens is 2. The first-order valence-electron chi connectivity index (χ1n) is 6.07. The molecule has 1 saturated heterocycles. The molecule has 0 radical (unpaired) electrons. The minimum Gasteiger partial charge on any atom is -0.358 e. The minimum atomic E-state index is -0.329. The zero-order valence-corrected chi connectivity index (χ0v) is 10.7. The van der Waals surface area contributed by atoms with E-state index in [0.717, 1.165) is 10.1 Å². The van der Waals surface area contributed by atoms with Crippen molar-refractivity contribution in [3.05, 3.63) is 68.5 Å². The van der Waals surface area contributed by atoms with Crippen molar-refractivity contribution >= 4 is 0 Å². The number of hydrogen-bond acceptors (Lipinski definition) is 3. The van der Waals surface area contributed by atoms with Crippen molar-refractivity contribution in [2.24, 2.45) is 14.1 Å². The fraction of sp³-hybridized carbons (Fsp3) is 0.286. The second-order valence-corrected chi connectivity index (χ2v) is 4.70. The predicted molar refractivity (Wildman–Crippen MR) is 69.9 cm³/mol. The molecule has 2 atom stereocenters. The Hall–Kier alpha value is -2.14. The molecule has 0 unspecified atom stereocenters. The van der Waals surface area contributed by atoms with Crippen LogP contribution in [0.2, 0.25) is 0 Å². The van der Waals surface area contributed by atoms with Crippen LogP contribution >= 0.6 is 0 Å². The Bertz CT molecular complexity index is 731. The summed E-state index contributed by atoms with van der Waals surface area (Å²) < 4.78 is 8.17. The summed E-state index contributed by atoms with van der Waals surface area (Å²) in [5.41, 5.74) is 1.05. The summed E-state index contributed by atoms with van der Waals surface area (Å²) in [6, 6.07) is 11.2. The lowest BCUT2D eigenvalue weighted by molar-refractivity contribution is 0.369. The number of hydrogen-bond donors (Lipinski definition) is 0. The van der Waals surface area contributed by atoms with Crippen molar-refractivity contribution in [2.75, 3.05) is 0 Å². The highest BCUT2D eigenvalue weighted by Crippen LogP contribution is 2.50. The van der Waals surface area contributed by atoms with Gasteiger partial charge in [-0.15, -0.1) is 0 Å². The van der Waals surface area contributed by atoms with Gasteiger partial charge in [-0.3, -0.25) is 13.9 Å². The molecule has 0 aliphatic carbocycles. The van der Waals surface area contributed by atoms with Gasteiger partial charge in [0.15, 0.2) is 0 Å². The SMILES string of the molecule is Cn1c([C@H]2O[C@@H]2c2ccccc2)cc(=O)n(C)c1=O. The van der Waals surface area contributed by atoms with Crippen LogP contribution in [0.15, 0.2) is 46.0 Å². The van der Waals surface area contributed by atoms with E-state index >= 15 is 0 Å². The summed E-state index contributed by atoms with van der Waals surface area (Å²) in [5, 5.41) is 0. The molecule has 1 fully saturated rings. The molecule has 5 heteroatoms. The van der Waals surface area contributed by atoms with Crippen molar-refractivity contribution in [3.63, 3.8) is 0 Å². The van der Waals surface area contributed by atoms with Crippen LogP contribution in [0.4, 0.5) is 0 Å². The molecule has 0 amide bonds. The van der Waals surface area contributed by atoms with E-state index in [1.165, 1.54) is 17.7 Å². The van der Waals surface area contributed by atoms with Crippen molar-refractivity contribution in [3.8, 4) is 0 Å². The van der Waals surface area contributed by atoms with Crippen LogP contribution < -0.4 is 11.2 Å². The van der Waals surface area contributed by atoms with Crippen molar-refractivity contribution in [1.82, 2.24) is 9.13 Å². The van der Waals surface area contributed by atoms with E-state index in [-0.39, 0.29) is 23.5 Å². The van der Waals surface area contributed by atoms with Crippen LogP contribution in [0.5, 0.6) is 0 Å². The van der Waals surface area contributed by atoms with Crippen LogP contribution in [0.25, 0.3) is 0 Å². The Kier molecular flexibility index (Phi) is 2.64. The lowest BCUT2D eigenvalue weighted by atomic mass is 10.1. The van der Waals surface area contributed by atoms with Gasteiger partial charge in [0, 0.05) is 20.2 Å². The molecule has 19 heavy (non-hydrogen) atoms. The Morgan fingerprint density at radius 1 is 1.00 bits per heavy atom. The molecule has 0 saturated carbocycles. The lowest BCUT2D eigenvalue weighted by Gasteiger charge is -2.06. The van der Waals surface area contributed by atoms with E-state index in [2.05, 4.69) is 0 Å². The molecule has 1 aromatic heterocycles. The Balaban J connectivity index is 1.99. The average Bonchev–Trinajstić information content (AvgIpc) is 3.22. The maximum atomic E-state index is 11.9. The van der Waals surface area contributed by atoms with Gasteiger partial charge < -0.3 is 4.74 Å². The smallest absolute Gasteiger partial charge is 0.330 e. The molecule has 1 aliphatic heterocycles. The third kappa shape index (κ3) is 1.92. The van der Waals surface area contributed by atoms with E-state index in [1.54, 1.807) is 7.05 Å². The van der Waals surface area contributed by atoms with Gasteiger partial charge in [0.1, 0.15) is 12.2 Å². The van der Waals surface area contributed by atoms with E-state index in [4.69, 9.17) is 4.74 Å². The first kappa shape index (κ1) is 11.9. The molecular formula is C14H14N2O3. The molecule has 2 heterocycles. The molecule has 0 spiro atoms. The summed E-state index contributed by atoms with van der Waals surface area (Å²) in [6.07, 6.45) is -0.284. The van der Waals surface area contributed by atoms with Gasteiger partial charge in [-0.2, -0.15) is 0 Å². The second kappa shape index (κ2) is 4.20. The number of rotatable bonds is 2. The molecule has 3 rings (SSSR count). The third-order valence-electron chi connectivity index (χ3n) is 3.47. The number of epoxide rings is 1. The van der Waals surface area contributed by atoms with Gasteiger partial charge in [0.2, 0.25) is 0 Å².